The number of hydrogen-bond acceptors (Lipinski definition) is 6. The van der Waals surface area contributed by atoms with Crippen molar-refractivity contribution in [2.45, 2.75) is 19.4 Å². The van der Waals surface area contributed by atoms with Gasteiger partial charge in [0.25, 0.3) is 0 Å². The number of anilines is 1. The van der Waals surface area contributed by atoms with Gasteiger partial charge < -0.3 is 19.7 Å². The van der Waals surface area contributed by atoms with Crippen molar-refractivity contribution in [2.24, 2.45) is 5.92 Å². The van der Waals surface area contributed by atoms with Crippen LogP contribution in [0.15, 0.2) is 60.9 Å². The minimum absolute atomic E-state index is 0.0145. The molecule has 31 heavy (non-hydrogen) atoms. The molecular formula is C24H24N4O3. The summed E-state index contributed by atoms with van der Waals surface area (Å²) in [7, 11) is 0. The molecule has 2 aromatic carbocycles. The van der Waals surface area contributed by atoms with E-state index in [4.69, 9.17) is 9.47 Å². The molecule has 0 unspecified atom stereocenters. The molecule has 1 N–H and O–H groups in total. The predicted octanol–water partition coefficient (Wildman–Crippen LogP) is 3.41. The summed E-state index contributed by atoms with van der Waals surface area (Å²) in [6, 6.07) is 17.9. The molecule has 1 fully saturated rings. The quantitative estimate of drug-likeness (QED) is 0.687. The Labute approximate surface area is 181 Å². The van der Waals surface area contributed by atoms with Crippen LogP contribution < -0.4 is 19.7 Å². The number of fused-ring (bicyclic) bond motifs is 1. The number of hydrogen-bond donors (Lipinski definition) is 1. The average molecular weight is 416 g/mol. The first-order valence-electron chi connectivity index (χ1n) is 10.5. The Bertz CT molecular complexity index is 1070. The van der Waals surface area contributed by atoms with Crippen molar-refractivity contribution in [3.05, 3.63) is 66.5 Å². The van der Waals surface area contributed by atoms with Crippen LogP contribution in [0.1, 0.15) is 18.4 Å². The Kier molecular flexibility index (Phi) is 5.39. The number of carbonyl (C=O) groups is 1. The van der Waals surface area contributed by atoms with E-state index in [9.17, 15) is 4.79 Å². The third-order valence-electron chi connectivity index (χ3n) is 5.82. The summed E-state index contributed by atoms with van der Waals surface area (Å²) in [5, 5.41) is 3.07. The number of nitrogens with zero attached hydrogens (tertiary/aromatic N) is 3. The van der Waals surface area contributed by atoms with E-state index in [1.807, 2.05) is 54.6 Å². The molecular weight excluding hydrogens is 392 g/mol. The van der Waals surface area contributed by atoms with Crippen LogP contribution in [-0.4, -0.2) is 35.8 Å². The fraction of sp³-hybridized carbons (Fsp3) is 0.292. The fourth-order valence-electron chi connectivity index (χ4n) is 4.04. The Morgan fingerprint density at radius 1 is 1.00 bits per heavy atom. The smallest absolute Gasteiger partial charge is 0.231 e. The van der Waals surface area contributed by atoms with Crippen LogP contribution in [0.2, 0.25) is 0 Å². The van der Waals surface area contributed by atoms with Crippen molar-refractivity contribution in [3.8, 4) is 22.8 Å². The molecule has 0 bridgehead atoms. The monoisotopic (exact) mass is 416 g/mol. The largest absolute Gasteiger partial charge is 0.454 e. The number of aromatic nitrogens is 2. The van der Waals surface area contributed by atoms with E-state index in [-0.39, 0.29) is 18.6 Å². The molecule has 3 aromatic rings. The van der Waals surface area contributed by atoms with Crippen LogP contribution in [0.4, 0.5) is 5.82 Å². The van der Waals surface area contributed by atoms with E-state index < -0.39 is 0 Å². The highest BCUT2D eigenvalue weighted by Crippen LogP contribution is 2.32. The Morgan fingerprint density at radius 2 is 1.81 bits per heavy atom. The lowest BCUT2D eigenvalue weighted by Gasteiger charge is -2.32. The molecule has 0 radical (unpaired) electrons. The van der Waals surface area contributed by atoms with Crippen LogP contribution in [0.5, 0.6) is 11.5 Å². The van der Waals surface area contributed by atoms with Gasteiger partial charge in [-0.1, -0.05) is 36.4 Å². The number of piperidine rings is 1. The molecule has 1 saturated heterocycles. The van der Waals surface area contributed by atoms with Gasteiger partial charge in [0, 0.05) is 37.2 Å². The maximum atomic E-state index is 12.7. The van der Waals surface area contributed by atoms with E-state index in [2.05, 4.69) is 20.2 Å². The number of ether oxygens (including phenoxy) is 2. The van der Waals surface area contributed by atoms with E-state index >= 15 is 0 Å². The molecule has 158 valence electrons. The highest BCUT2D eigenvalue weighted by atomic mass is 16.7. The SMILES string of the molecule is O=C(NCc1ccc2c(c1)OCO2)C1CCN(c2cc(-c3ccccc3)ncn2)CC1. The van der Waals surface area contributed by atoms with E-state index in [0.29, 0.717) is 6.54 Å². The Morgan fingerprint density at radius 3 is 2.65 bits per heavy atom. The minimum Gasteiger partial charge on any atom is -0.454 e. The highest BCUT2D eigenvalue weighted by molar-refractivity contribution is 5.79. The summed E-state index contributed by atoms with van der Waals surface area (Å²) < 4.78 is 10.7. The lowest BCUT2D eigenvalue weighted by Crippen LogP contribution is -2.40. The van der Waals surface area contributed by atoms with Crippen molar-refractivity contribution >= 4 is 11.7 Å². The van der Waals surface area contributed by atoms with Crippen LogP contribution in [-0.2, 0) is 11.3 Å². The summed E-state index contributed by atoms with van der Waals surface area (Å²) in [4.78, 5) is 23.8. The molecule has 2 aliphatic rings. The first-order valence-corrected chi connectivity index (χ1v) is 10.5. The molecule has 0 aliphatic carbocycles. The van der Waals surface area contributed by atoms with Crippen molar-refractivity contribution in [1.82, 2.24) is 15.3 Å². The van der Waals surface area contributed by atoms with Crippen molar-refractivity contribution in [3.63, 3.8) is 0 Å². The van der Waals surface area contributed by atoms with Crippen molar-refractivity contribution < 1.29 is 14.3 Å². The molecule has 0 saturated carbocycles. The zero-order valence-electron chi connectivity index (χ0n) is 17.2. The second kappa shape index (κ2) is 8.63. The zero-order valence-corrected chi connectivity index (χ0v) is 17.2. The van der Waals surface area contributed by atoms with Gasteiger partial charge in [-0.25, -0.2) is 9.97 Å². The molecule has 3 heterocycles. The standard InChI is InChI=1S/C24H24N4O3/c29-24(25-14-17-6-7-21-22(12-17)31-16-30-21)19-8-10-28(11-9-19)23-13-20(26-15-27-23)18-4-2-1-3-5-18/h1-7,12-13,15,19H,8-11,14,16H2,(H,25,29). The normalized spacial score (nSPS) is 15.7. The minimum atomic E-state index is 0.0145. The molecule has 5 rings (SSSR count). The molecule has 2 aliphatic heterocycles. The summed E-state index contributed by atoms with van der Waals surface area (Å²) >= 11 is 0. The van der Waals surface area contributed by atoms with Crippen LogP contribution >= 0.6 is 0 Å². The second-order valence-electron chi connectivity index (χ2n) is 7.79. The van der Waals surface area contributed by atoms with Gasteiger partial charge in [0.05, 0.1) is 5.69 Å². The van der Waals surface area contributed by atoms with Crippen molar-refractivity contribution in [1.29, 1.82) is 0 Å². The maximum absolute atomic E-state index is 12.7. The Hall–Kier alpha value is -3.61. The highest BCUT2D eigenvalue weighted by Gasteiger charge is 2.26. The average Bonchev–Trinajstić information content (AvgIpc) is 3.31. The number of nitrogens with one attached hydrogen (secondary N) is 1. The van der Waals surface area contributed by atoms with Gasteiger partial charge in [0.1, 0.15) is 12.1 Å². The second-order valence-corrected chi connectivity index (χ2v) is 7.79. The van der Waals surface area contributed by atoms with Crippen LogP contribution in [0.25, 0.3) is 11.3 Å². The van der Waals surface area contributed by atoms with Crippen molar-refractivity contribution in [2.75, 3.05) is 24.8 Å². The molecule has 1 aromatic heterocycles. The number of rotatable bonds is 5. The van der Waals surface area contributed by atoms with E-state index in [1.54, 1.807) is 6.33 Å². The van der Waals surface area contributed by atoms with Crippen LogP contribution in [0, 0.1) is 5.92 Å². The number of carbonyl (C=O) groups excluding carboxylic acids is 1. The first-order chi connectivity index (χ1) is 15.3. The third kappa shape index (κ3) is 4.30. The molecule has 0 spiro atoms. The lowest BCUT2D eigenvalue weighted by atomic mass is 9.95. The molecule has 0 atom stereocenters. The molecule has 1 amide bonds. The number of benzene rings is 2. The first kappa shape index (κ1) is 19.4. The Balaban J connectivity index is 1.16. The van der Waals surface area contributed by atoms with Gasteiger partial charge in [0.2, 0.25) is 12.7 Å². The zero-order chi connectivity index (χ0) is 21.0. The summed E-state index contributed by atoms with van der Waals surface area (Å²) in [6.07, 6.45) is 3.22. The fourth-order valence-corrected chi connectivity index (χ4v) is 4.04. The summed E-state index contributed by atoms with van der Waals surface area (Å²) in [5.41, 5.74) is 2.99. The van der Waals surface area contributed by atoms with Gasteiger partial charge in [-0.15, -0.1) is 0 Å². The summed E-state index contributed by atoms with van der Waals surface area (Å²) in [6.45, 7) is 2.34. The van der Waals surface area contributed by atoms with Gasteiger partial charge in [0.15, 0.2) is 11.5 Å². The summed E-state index contributed by atoms with van der Waals surface area (Å²) in [5.74, 6) is 2.51. The van der Waals surface area contributed by atoms with Gasteiger partial charge in [-0.2, -0.15) is 0 Å². The lowest BCUT2D eigenvalue weighted by molar-refractivity contribution is -0.125. The van der Waals surface area contributed by atoms with E-state index in [0.717, 1.165) is 60.1 Å². The van der Waals surface area contributed by atoms with E-state index in [1.165, 1.54) is 0 Å². The number of amides is 1. The van der Waals surface area contributed by atoms with Gasteiger partial charge >= 0.3 is 0 Å². The molecule has 7 heteroatoms. The predicted molar refractivity (Wildman–Crippen MR) is 117 cm³/mol. The topological polar surface area (TPSA) is 76.6 Å². The maximum Gasteiger partial charge on any atom is 0.231 e. The molecule has 7 nitrogen and oxygen atoms in total. The van der Waals surface area contributed by atoms with Gasteiger partial charge in [-0.05, 0) is 30.5 Å². The van der Waals surface area contributed by atoms with Crippen LogP contribution in [0.3, 0.4) is 0 Å². The third-order valence-corrected chi connectivity index (χ3v) is 5.82. The van der Waals surface area contributed by atoms with Gasteiger partial charge in [-0.3, -0.25) is 4.79 Å².